The maximum atomic E-state index is 12.0. The van der Waals surface area contributed by atoms with Crippen molar-refractivity contribution in [3.05, 3.63) is 70.1 Å². The van der Waals surface area contributed by atoms with E-state index in [0.717, 1.165) is 5.56 Å². The van der Waals surface area contributed by atoms with Crippen molar-refractivity contribution in [1.29, 1.82) is 0 Å². The molecular weight excluding hydrogens is 322 g/mol. The Labute approximate surface area is 145 Å². The molecule has 0 bridgehead atoms. The first kappa shape index (κ1) is 18.2. The fourth-order valence-corrected chi connectivity index (χ4v) is 2.23. The van der Waals surface area contributed by atoms with Crippen molar-refractivity contribution < 1.29 is 19.0 Å². The Hall–Kier alpha value is -3.18. The minimum atomic E-state index is -1.07. The number of esters is 1. The molecule has 7 heteroatoms. The summed E-state index contributed by atoms with van der Waals surface area (Å²) in [5.41, 5.74) is 10.2. The SMILES string of the molecule is CCOC(=O)[C@H](N=[N+]=[N-])c1ccc(OC)c(OCc2ccccc2)c1. The van der Waals surface area contributed by atoms with Gasteiger partial charge >= 0.3 is 5.97 Å². The molecule has 130 valence electrons. The van der Waals surface area contributed by atoms with E-state index in [1.54, 1.807) is 25.1 Å². The van der Waals surface area contributed by atoms with E-state index >= 15 is 0 Å². The summed E-state index contributed by atoms with van der Waals surface area (Å²) in [6, 6.07) is 13.5. The first-order chi connectivity index (χ1) is 12.2. The van der Waals surface area contributed by atoms with E-state index < -0.39 is 12.0 Å². The van der Waals surface area contributed by atoms with Gasteiger partial charge < -0.3 is 14.2 Å². The van der Waals surface area contributed by atoms with E-state index in [0.29, 0.717) is 23.7 Å². The lowest BCUT2D eigenvalue weighted by atomic mass is 10.1. The van der Waals surface area contributed by atoms with Crippen LogP contribution in [-0.2, 0) is 16.1 Å². The zero-order chi connectivity index (χ0) is 18.1. The van der Waals surface area contributed by atoms with Crippen LogP contribution in [0.1, 0.15) is 24.1 Å². The zero-order valence-corrected chi connectivity index (χ0v) is 14.1. The molecule has 0 spiro atoms. The summed E-state index contributed by atoms with van der Waals surface area (Å²) in [7, 11) is 1.53. The molecule has 0 aliphatic heterocycles. The number of hydrogen-bond acceptors (Lipinski definition) is 5. The first-order valence-electron chi connectivity index (χ1n) is 7.75. The van der Waals surface area contributed by atoms with Crippen LogP contribution in [0.4, 0.5) is 0 Å². The Morgan fingerprint density at radius 1 is 1.20 bits per heavy atom. The average molecular weight is 341 g/mol. The molecule has 0 fully saturated rings. The molecule has 0 amide bonds. The summed E-state index contributed by atoms with van der Waals surface area (Å²) in [6.45, 7) is 2.23. The van der Waals surface area contributed by atoms with Crippen molar-refractivity contribution in [2.24, 2.45) is 5.11 Å². The number of nitrogens with zero attached hydrogens (tertiary/aromatic N) is 3. The minimum absolute atomic E-state index is 0.198. The van der Waals surface area contributed by atoms with E-state index in [1.165, 1.54) is 7.11 Å². The number of hydrogen-bond donors (Lipinski definition) is 0. The fraction of sp³-hybridized carbons (Fsp3) is 0.278. The summed E-state index contributed by atoms with van der Waals surface area (Å²) >= 11 is 0. The Kier molecular flexibility index (Phi) is 6.68. The van der Waals surface area contributed by atoms with Crippen LogP contribution in [-0.4, -0.2) is 19.7 Å². The highest BCUT2D eigenvalue weighted by atomic mass is 16.5. The molecule has 0 aliphatic rings. The lowest BCUT2D eigenvalue weighted by Gasteiger charge is -2.15. The largest absolute Gasteiger partial charge is 0.493 e. The van der Waals surface area contributed by atoms with Crippen LogP contribution in [0.15, 0.2) is 53.6 Å². The third-order valence-electron chi connectivity index (χ3n) is 3.42. The van der Waals surface area contributed by atoms with Crippen LogP contribution in [0.25, 0.3) is 10.4 Å². The second-order valence-electron chi connectivity index (χ2n) is 5.04. The quantitative estimate of drug-likeness (QED) is 0.311. The number of rotatable bonds is 8. The van der Waals surface area contributed by atoms with Crippen molar-refractivity contribution in [2.45, 2.75) is 19.6 Å². The van der Waals surface area contributed by atoms with Gasteiger partial charge in [-0.2, -0.15) is 0 Å². The van der Waals surface area contributed by atoms with Gasteiger partial charge in [0.1, 0.15) is 6.61 Å². The monoisotopic (exact) mass is 341 g/mol. The van der Waals surface area contributed by atoms with Crippen LogP contribution in [0.2, 0.25) is 0 Å². The number of azide groups is 1. The van der Waals surface area contributed by atoms with Crippen LogP contribution in [0.5, 0.6) is 11.5 Å². The normalized spacial score (nSPS) is 11.1. The highest BCUT2D eigenvalue weighted by molar-refractivity contribution is 5.78. The molecule has 2 aromatic rings. The molecule has 0 unspecified atom stereocenters. The van der Waals surface area contributed by atoms with Crippen LogP contribution in [0, 0.1) is 0 Å². The van der Waals surface area contributed by atoms with Crippen molar-refractivity contribution >= 4 is 5.97 Å². The number of methoxy groups -OCH3 is 1. The smallest absolute Gasteiger partial charge is 0.319 e. The lowest BCUT2D eigenvalue weighted by molar-refractivity contribution is -0.144. The summed E-state index contributed by atoms with van der Waals surface area (Å²) in [6.07, 6.45) is 0. The predicted molar refractivity (Wildman–Crippen MR) is 92.3 cm³/mol. The van der Waals surface area contributed by atoms with Gasteiger partial charge in [0.25, 0.3) is 0 Å². The molecule has 0 heterocycles. The Morgan fingerprint density at radius 3 is 2.60 bits per heavy atom. The molecule has 0 saturated heterocycles. The molecular formula is C18H19N3O4. The van der Waals surface area contributed by atoms with Gasteiger partial charge in [-0.25, -0.2) is 0 Å². The third kappa shape index (κ3) is 4.89. The molecule has 25 heavy (non-hydrogen) atoms. The summed E-state index contributed by atoms with van der Waals surface area (Å²) in [4.78, 5) is 14.8. The molecule has 0 radical (unpaired) electrons. The van der Waals surface area contributed by atoms with E-state index in [1.807, 2.05) is 30.3 Å². The second-order valence-corrected chi connectivity index (χ2v) is 5.04. The molecule has 2 rings (SSSR count). The van der Waals surface area contributed by atoms with Gasteiger partial charge in [0.05, 0.1) is 13.7 Å². The number of carbonyl (C=O) groups is 1. The van der Waals surface area contributed by atoms with Crippen LogP contribution < -0.4 is 9.47 Å². The first-order valence-corrected chi connectivity index (χ1v) is 7.75. The maximum absolute atomic E-state index is 12.0. The number of benzene rings is 2. The van der Waals surface area contributed by atoms with Crippen LogP contribution >= 0.6 is 0 Å². The van der Waals surface area contributed by atoms with E-state index in [-0.39, 0.29) is 6.61 Å². The average Bonchev–Trinajstić information content (AvgIpc) is 2.65. The Balaban J connectivity index is 2.27. The molecule has 0 aliphatic carbocycles. The van der Waals surface area contributed by atoms with E-state index in [4.69, 9.17) is 19.7 Å². The highest BCUT2D eigenvalue weighted by Crippen LogP contribution is 2.32. The van der Waals surface area contributed by atoms with E-state index in [2.05, 4.69) is 10.0 Å². The molecule has 1 atom stereocenters. The van der Waals surface area contributed by atoms with Gasteiger partial charge in [-0.1, -0.05) is 41.5 Å². The fourth-order valence-electron chi connectivity index (χ4n) is 2.23. The Bertz CT molecular complexity index is 758. The van der Waals surface area contributed by atoms with Crippen molar-refractivity contribution in [2.75, 3.05) is 13.7 Å². The summed E-state index contributed by atoms with van der Waals surface area (Å²) in [5.74, 6) is 0.356. The molecule has 2 aromatic carbocycles. The Morgan fingerprint density at radius 2 is 1.96 bits per heavy atom. The zero-order valence-electron chi connectivity index (χ0n) is 14.1. The third-order valence-corrected chi connectivity index (χ3v) is 3.42. The van der Waals surface area contributed by atoms with Gasteiger partial charge in [0, 0.05) is 4.91 Å². The molecule has 0 N–H and O–H groups in total. The number of carbonyl (C=O) groups excluding carboxylic acids is 1. The molecule has 0 saturated carbocycles. The van der Waals surface area contributed by atoms with Crippen molar-refractivity contribution in [1.82, 2.24) is 0 Å². The number of ether oxygens (including phenoxy) is 3. The van der Waals surface area contributed by atoms with Crippen molar-refractivity contribution in [3.8, 4) is 11.5 Å². The predicted octanol–water partition coefficient (Wildman–Crippen LogP) is 4.19. The maximum Gasteiger partial charge on any atom is 0.319 e. The minimum Gasteiger partial charge on any atom is -0.493 e. The summed E-state index contributed by atoms with van der Waals surface area (Å²) < 4.78 is 16.1. The topological polar surface area (TPSA) is 93.5 Å². The van der Waals surface area contributed by atoms with Crippen molar-refractivity contribution in [3.63, 3.8) is 0 Å². The highest BCUT2D eigenvalue weighted by Gasteiger charge is 2.22. The standard InChI is InChI=1S/C18H19N3O4/c1-3-24-18(22)17(20-21-19)14-9-10-15(23-2)16(11-14)25-12-13-7-5-4-6-8-13/h4-11,17H,3,12H2,1-2H3/t17-/m1/s1. The summed E-state index contributed by atoms with van der Waals surface area (Å²) in [5, 5.41) is 3.54. The van der Waals surface area contributed by atoms with E-state index in [9.17, 15) is 4.79 Å². The van der Waals surface area contributed by atoms with Crippen LogP contribution in [0.3, 0.4) is 0 Å². The molecule has 0 aromatic heterocycles. The van der Waals surface area contributed by atoms with Gasteiger partial charge in [-0.15, -0.1) is 0 Å². The van der Waals surface area contributed by atoms with Gasteiger partial charge in [0.15, 0.2) is 17.5 Å². The lowest BCUT2D eigenvalue weighted by Crippen LogP contribution is -2.14. The second kappa shape index (κ2) is 9.20. The van der Waals surface area contributed by atoms with Gasteiger partial charge in [0.2, 0.25) is 0 Å². The van der Waals surface area contributed by atoms with Gasteiger partial charge in [-0.3, -0.25) is 4.79 Å². The molecule has 7 nitrogen and oxygen atoms in total. The van der Waals surface area contributed by atoms with Gasteiger partial charge in [-0.05, 0) is 35.7 Å².